The molecule has 3 aromatic rings. The predicted octanol–water partition coefficient (Wildman–Crippen LogP) is 4.35. The Labute approximate surface area is 331 Å². The van der Waals surface area contributed by atoms with Crippen molar-refractivity contribution in [1.82, 2.24) is 20.4 Å². The number of nitrogens with one attached hydrogen (secondary N) is 3. The molecule has 0 radical (unpaired) electrons. The standard InChI is InChI=1S/C42H47ClN8O5/c43-36-23-30(4-1-27(36)25-44)45-28-5-7-29(8-6-28)46-39(53)26-2-9-31(10-3-26)48-17-15-32(16-18-48)49-19-21-50(22-20-49)33-11-12-34-35(24-33)42(56)51(41(34)55)37-13-14-38(52)47-40(37)54/h1-4,9-12,23-24,28-29,32,37-38,45,52H,5-8,13-22H2,(H,46,53)(H,47,54). The molecule has 4 amide bonds. The summed E-state index contributed by atoms with van der Waals surface area (Å²) in [6.45, 7) is 5.31. The molecule has 1 saturated carbocycles. The third-order valence-corrected chi connectivity index (χ3v) is 12.5. The largest absolute Gasteiger partial charge is 0.382 e. The Kier molecular flexibility index (Phi) is 10.9. The van der Waals surface area contributed by atoms with Crippen molar-refractivity contribution in [3.8, 4) is 6.07 Å². The normalized spacial score (nSPS) is 24.7. The van der Waals surface area contributed by atoms with Crippen LogP contribution in [0.4, 0.5) is 17.1 Å². The van der Waals surface area contributed by atoms with Crippen LogP contribution >= 0.6 is 11.6 Å². The van der Waals surface area contributed by atoms with E-state index in [4.69, 9.17) is 16.9 Å². The summed E-state index contributed by atoms with van der Waals surface area (Å²) in [5.74, 6) is -1.46. The van der Waals surface area contributed by atoms with Gasteiger partial charge in [0.05, 0.1) is 21.7 Å². The second-order valence-electron chi connectivity index (χ2n) is 15.6. The summed E-state index contributed by atoms with van der Waals surface area (Å²) < 4.78 is 0. The van der Waals surface area contributed by atoms with E-state index in [9.17, 15) is 24.3 Å². The Morgan fingerprint density at radius 2 is 1.41 bits per heavy atom. The number of carbonyl (C=O) groups is 4. The molecule has 13 nitrogen and oxygen atoms in total. The zero-order valence-corrected chi connectivity index (χ0v) is 32.0. The third-order valence-electron chi connectivity index (χ3n) is 12.2. The van der Waals surface area contributed by atoms with Gasteiger partial charge in [0.15, 0.2) is 0 Å². The average Bonchev–Trinajstić information content (AvgIpc) is 3.46. The second kappa shape index (κ2) is 16.1. The maximum absolute atomic E-state index is 13.4. The molecule has 0 spiro atoms. The van der Waals surface area contributed by atoms with Crippen LogP contribution in [0.2, 0.25) is 5.02 Å². The number of hydrogen-bond donors (Lipinski definition) is 4. The highest BCUT2D eigenvalue weighted by Crippen LogP contribution is 2.32. The van der Waals surface area contributed by atoms with Crippen LogP contribution in [0.15, 0.2) is 60.7 Å². The first-order valence-corrected chi connectivity index (χ1v) is 20.1. The van der Waals surface area contributed by atoms with E-state index in [2.05, 4.69) is 48.9 Å². The van der Waals surface area contributed by atoms with Crippen LogP contribution < -0.4 is 25.8 Å². The molecule has 0 bridgehead atoms. The smallest absolute Gasteiger partial charge is 0.262 e. The number of anilines is 3. The number of piperidine rings is 2. The molecule has 56 heavy (non-hydrogen) atoms. The van der Waals surface area contributed by atoms with Crippen molar-refractivity contribution in [2.45, 2.75) is 81.8 Å². The van der Waals surface area contributed by atoms with E-state index in [0.717, 1.165) is 99.8 Å². The quantitative estimate of drug-likeness (QED) is 0.242. The van der Waals surface area contributed by atoms with Gasteiger partial charge in [0.1, 0.15) is 18.3 Å². The van der Waals surface area contributed by atoms with Crippen LogP contribution in [-0.2, 0) is 4.79 Å². The fraction of sp³-hybridized carbons (Fsp3) is 0.452. The van der Waals surface area contributed by atoms with E-state index in [0.29, 0.717) is 39.4 Å². The number of hydrogen-bond acceptors (Lipinski definition) is 10. The summed E-state index contributed by atoms with van der Waals surface area (Å²) >= 11 is 6.19. The lowest BCUT2D eigenvalue weighted by Gasteiger charge is -2.44. The molecule has 3 aromatic carbocycles. The third kappa shape index (κ3) is 7.78. The van der Waals surface area contributed by atoms with E-state index in [1.165, 1.54) is 0 Å². The van der Waals surface area contributed by atoms with E-state index in [-0.39, 0.29) is 24.8 Å². The van der Waals surface area contributed by atoms with Crippen molar-refractivity contribution in [1.29, 1.82) is 5.26 Å². The van der Waals surface area contributed by atoms with Crippen LogP contribution in [0.1, 0.15) is 88.0 Å². The van der Waals surface area contributed by atoms with Gasteiger partial charge in [-0.1, -0.05) is 11.6 Å². The zero-order chi connectivity index (χ0) is 38.9. The number of carbonyl (C=O) groups excluding carboxylic acids is 4. The number of rotatable bonds is 8. The summed E-state index contributed by atoms with van der Waals surface area (Å²) in [4.78, 5) is 60.4. The number of benzene rings is 3. The molecule has 4 N–H and O–H groups in total. The van der Waals surface area contributed by atoms with Crippen molar-refractivity contribution in [3.63, 3.8) is 0 Å². The zero-order valence-electron chi connectivity index (χ0n) is 31.3. The van der Waals surface area contributed by atoms with Gasteiger partial charge in [-0.3, -0.25) is 29.0 Å². The van der Waals surface area contributed by atoms with E-state index < -0.39 is 30.0 Å². The number of fused-ring (bicyclic) bond motifs is 1. The number of aliphatic hydroxyl groups excluding tert-OH is 1. The number of amides is 4. The van der Waals surface area contributed by atoms with Crippen LogP contribution in [0.25, 0.3) is 0 Å². The lowest BCUT2D eigenvalue weighted by Crippen LogP contribution is -2.55. The van der Waals surface area contributed by atoms with Crippen LogP contribution in [0.5, 0.6) is 0 Å². The van der Waals surface area contributed by atoms with Crippen molar-refractivity contribution in [2.24, 2.45) is 0 Å². The predicted molar refractivity (Wildman–Crippen MR) is 213 cm³/mol. The maximum atomic E-state index is 13.4. The van der Waals surface area contributed by atoms with Crippen LogP contribution in [0.3, 0.4) is 0 Å². The van der Waals surface area contributed by atoms with Gasteiger partial charge in [-0.2, -0.15) is 5.26 Å². The Morgan fingerprint density at radius 3 is 2.09 bits per heavy atom. The molecule has 2 atom stereocenters. The first-order valence-electron chi connectivity index (χ1n) is 19.8. The summed E-state index contributed by atoms with van der Waals surface area (Å²) in [7, 11) is 0. The van der Waals surface area contributed by atoms with Crippen LogP contribution in [0, 0.1) is 11.3 Å². The van der Waals surface area contributed by atoms with Gasteiger partial charge >= 0.3 is 0 Å². The molecule has 5 aliphatic rings. The molecule has 2 unspecified atom stereocenters. The molecule has 8 rings (SSSR count). The van der Waals surface area contributed by atoms with Gasteiger partial charge < -0.3 is 30.9 Å². The van der Waals surface area contributed by atoms with Crippen LogP contribution in [-0.4, -0.2) is 108 Å². The van der Waals surface area contributed by atoms with E-state index in [1.807, 2.05) is 24.3 Å². The minimum Gasteiger partial charge on any atom is -0.382 e. The van der Waals surface area contributed by atoms with Crippen molar-refractivity contribution >= 4 is 52.3 Å². The number of halogens is 1. The highest BCUT2D eigenvalue weighted by Gasteiger charge is 2.45. The molecule has 4 fully saturated rings. The topological polar surface area (TPSA) is 161 Å². The fourth-order valence-corrected chi connectivity index (χ4v) is 9.22. The van der Waals surface area contributed by atoms with Gasteiger partial charge in [0.2, 0.25) is 5.91 Å². The lowest BCUT2D eigenvalue weighted by molar-refractivity contribution is -0.131. The van der Waals surface area contributed by atoms with Crippen molar-refractivity contribution < 1.29 is 24.3 Å². The Morgan fingerprint density at radius 1 is 0.750 bits per heavy atom. The lowest BCUT2D eigenvalue weighted by atomic mass is 9.90. The van der Waals surface area contributed by atoms with Gasteiger partial charge in [-0.05, 0) is 112 Å². The Balaban J connectivity index is 0.771. The summed E-state index contributed by atoms with van der Waals surface area (Å²) in [5.41, 5.74) is 4.71. The SMILES string of the molecule is N#Cc1ccc(NC2CCC(NC(=O)c3ccc(N4CCC(N5CCN(c6ccc7c(c6)C(=O)N(C6CCC(O)NC6=O)C7=O)CC5)CC4)cc3)CC2)cc1Cl. The van der Waals surface area contributed by atoms with Gasteiger partial charge in [-0.25, -0.2) is 0 Å². The highest BCUT2D eigenvalue weighted by atomic mass is 35.5. The average molecular weight is 779 g/mol. The first-order chi connectivity index (χ1) is 27.1. The molecular weight excluding hydrogens is 732 g/mol. The van der Waals surface area contributed by atoms with Crippen molar-refractivity contribution in [2.75, 3.05) is 54.4 Å². The maximum Gasteiger partial charge on any atom is 0.262 e. The number of nitriles is 1. The molecule has 4 heterocycles. The monoisotopic (exact) mass is 778 g/mol. The fourth-order valence-electron chi connectivity index (χ4n) is 8.99. The number of aliphatic hydroxyl groups is 1. The number of nitrogens with zero attached hydrogens (tertiary/aromatic N) is 5. The summed E-state index contributed by atoms with van der Waals surface area (Å²) in [6, 6.07) is 20.8. The summed E-state index contributed by atoms with van der Waals surface area (Å²) in [5, 5.41) is 28.5. The first kappa shape index (κ1) is 37.7. The minimum absolute atomic E-state index is 0.0401. The Hall–Kier alpha value is -5.16. The molecule has 292 valence electrons. The van der Waals surface area contributed by atoms with E-state index >= 15 is 0 Å². The summed E-state index contributed by atoms with van der Waals surface area (Å²) in [6.07, 6.45) is 5.32. The molecule has 3 saturated heterocycles. The molecular formula is C42H47ClN8O5. The van der Waals surface area contributed by atoms with Crippen molar-refractivity contribution in [3.05, 3.63) is 87.9 Å². The molecule has 1 aliphatic carbocycles. The van der Waals surface area contributed by atoms with Gasteiger partial charge in [0, 0.05) is 80.0 Å². The van der Waals surface area contributed by atoms with Gasteiger partial charge in [0.25, 0.3) is 17.7 Å². The highest BCUT2D eigenvalue weighted by molar-refractivity contribution is 6.32. The Bertz CT molecular complexity index is 2030. The van der Waals surface area contributed by atoms with Gasteiger partial charge in [-0.15, -0.1) is 0 Å². The second-order valence-corrected chi connectivity index (χ2v) is 16.0. The van der Waals surface area contributed by atoms with E-state index in [1.54, 1.807) is 24.3 Å². The number of imide groups is 1. The minimum atomic E-state index is -0.956. The molecule has 0 aromatic heterocycles. The number of piperazine rings is 1. The molecule has 14 heteroatoms. The molecule has 4 aliphatic heterocycles.